The van der Waals surface area contributed by atoms with E-state index in [9.17, 15) is 24.2 Å². The lowest BCUT2D eigenvalue weighted by atomic mass is 9.64. The highest BCUT2D eigenvalue weighted by Crippen LogP contribution is 2.59. The van der Waals surface area contributed by atoms with E-state index in [0.717, 1.165) is 36.0 Å². The number of aliphatic hydroxyl groups is 2. The number of amides is 2. The van der Waals surface area contributed by atoms with E-state index < -0.39 is 22.9 Å². The zero-order valence-electron chi connectivity index (χ0n) is 31.3. The van der Waals surface area contributed by atoms with Gasteiger partial charge >= 0.3 is 6.03 Å². The summed E-state index contributed by atoms with van der Waals surface area (Å²) in [5.41, 5.74) is 2.35. The Morgan fingerprint density at radius 3 is 2.60 bits per heavy atom. The van der Waals surface area contributed by atoms with Gasteiger partial charge in [0.15, 0.2) is 5.78 Å². The van der Waals surface area contributed by atoms with Gasteiger partial charge in [-0.05, 0) is 112 Å². The largest absolute Gasteiger partial charge is 0.393 e. The molecule has 4 aliphatic rings. The molecule has 3 aromatic rings. The van der Waals surface area contributed by atoms with E-state index in [2.05, 4.69) is 25.2 Å². The van der Waals surface area contributed by atoms with E-state index in [1.807, 2.05) is 55.5 Å². The van der Waals surface area contributed by atoms with Gasteiger partial charge in [-0.2, -0.15) is 0 Å². The summed E-state index contributed by atoms with van der Waals surface area (Å²) in [4.78, 5) is 30.2. The molecule has 0 radical (unpaired) electrons. The average Bonchev–Trinajstić information content (AvgIpc) is 3.74. The van der Waals surface area contributed by atoms with Crippen LogP contribution in [0.5, 0.6) is 0 Å². The van der Waals surface area contributed by atoms with Crippen LogP contribution in [0.1, 0.15) is 117 Å². The Balaban J connectivity index is 1.38. The SMILES string of the molecule is CC1=CCCC2(C)C(CCC2(O)CN(CC2CCCO2)C(=O)NC(C)c2ccccc2)c2ccc(cc2C(=O)Cc2c(F)cccc2Cl)CC(O)CC1. The number of hydrogen-bond acceptors (Lipinski definition) is 5. The van der Waals surface area contributed by atoms with Gasteiger partial charge in [0, 0.05) is 41.1 Å². The van der Waals surface area contributed by atoms with Gasteiger partial charge in [0.25, 0.3) is 0 Å². The molecule has 3 aromatic carbocycles. The van der Waals surface area contributed by atoms with Crippen molar-refractivity contribution in [3.05, 3.63) is 117 Å². The van der Waals surface area contributed by atoms with Crippen molar-refractivity contribution in [1.29, 1.82) is 0 Å². The van der Waals surface area contributed by atoms with Crippen LogP contribution in [0.15, 0.2) is 78.4 Å². The number of allylic oxidation sites excluding steroid dienone is 2. The van der Waals surface area contributed by atoms with E-state index >= 15 is 0 Å². The average molecular weight is 745 g/mol. The number of ether oxygens (including phenoxy) is 1. The van der Waals surface area contributed by atoms with Crippen LogP contribution in [0.25, 0.3) is 0 Å². The summed E-state index contributed by atoms with van der Waals surface area (Å²) in [5.74, 6) is -1.04. The van der Waals surface area contributed by atoms with Crippen molar-refractivity contribution in [3.8, 4) is 0 Å². The van der Waals surface area contributed by atoms with Crippen LogP contribution >= 0.6 is 11.6 Å². The van der Waals surface area contributed by atoms with Crippen LogP contribution in [-0.2, 0) is 17.6 Å². The molecular formula is C44H54ClFN2O5. The van der Waals surface area contributed by atoms with Gasteiger partial charge < -0.3 is 25.2 Å². The van der Waals surface area contributed by atoms with Gasteiger partial charge in [-0.1, -0.05) is 78.7 Å². The molecule has 3 N–H and O–H groups in total. The third-order valence-corrected chi connectivity index (χ3v) is 12.6. The number of aliphatic hydroxyl groups excluding tert-OH is 1. The standard InChI is InChI=1S/C44H54ClFN2O5/c1-29-10-8-21-43(3)38(35-19-17-31(24-33(49)18-16-29)25-36(35)41(50)26-37-39(45)14-7-15-40(37)46)20-22-44(43,52)28-48(27-34-13-9-23-53-34)42(51)47-30(2)32-11-5-4-6-12-32/h4-7,10-12,14-15,17,19,25,30,33-34,38,49,52H,8-9,13,16,18,20-24,26-28H2,1-3H3,(H,47,51). The second kappa shape index (κ2) is 16.8. The number of benzene rings is 3. The van der Waals surface area contributed by atoms with Crippen molar-refractivity contribution in [2.45, 2.75) is 115 Å². The first-order valence-electron chi connectivity index (χ1n) is 19.2. The topological polar surface area (TPSA) is 99.1 Å². The molecule has 1 aliphatic heterocycles. The Hall–Kier alpha value is -3.56. The first-order valence-corrected chi connectivity index (χ1v) is 19.6. The zero-order chi connectivity index (χ0) is 37.8. The Kier molecular flexibility index (Phi) is 12.4. The minimum atomic E-state index is -1.30. The molecule has 1 saturated heterocycles. The fourth-order valence-corrected chi connectivity index (χ4v) is 9.10. The number of nitrogens with zero attached hydrogens (tertiary/aromatic N) is 1. The molecular weight excluding hydrogens is 691 g/mol. The summed E-state index contributed by atoms with van der Waals surface area (Å²) >= 11 is 6.40. The zero-order valence-corrected chi connectivity index (χ0v) is 32.0. The summed E-state index contributed by atoms with van der Waals surface area (Å²) in [6, 6.07) is 19.5. The highest BCUT2D eigenvalue weighted by molar-refractivity contribution is 6.31. The summed E-state index contributed by atoms with van der Waals surface area (Å²) < 4.78 is 21.0. The normalized spacial score (nSPS) is 26.7. The first kappa shape index (κ1) is 39.1. The lowest BCUT2D eigenvalue weighted by molar-refractivity contribution is -0.0808. The van der Waals surface area contributed by atoms with Crippen LogP contribution in [-0.4, -0.2) is 64.4 Å². The maximum Gasteiger partial charge on any atom is 0.318 e. The molecule has 2 fully saturated rings. The van der Waals surface area contributed by atoms with Crippen LogP contribution in [0.4, 0.5) is 9.18 Å². The first-order chi connectivity index (χ1) is 25.4. The highest BCUT2D eigenvalue weighted by Gasteiger charge is 2.58. The van der Waals surface area contributed by atoms with Crippen LogP contribution in [0.3, 0.4) is 0 Å². The van der Waals surface area contributed by atoms with Gasteiger partial charge in [0.1, 0.15) is 5.82 Å². The number of hydrogen-bond donors (Lipinski definition) is 3. The van der Waals surface area contributed by atoms with Gasteiger partial charge in [-0.25, -0.2) is 9.18 Å². The number of Topliss-reactive ketones (excluding diaryl/α,β-unsaturated/α-hetero) is 1. The number of nitrogens with one attached hydrogen (secondary N) is 1. The molecule has 9 heteroatoms. The van der Waals surface area contributed by atoms with Gasteiger partial charge in [-0.15, -0.1) is 0 Å². The van der Waals surface area contributed by atoms with E-state index in [-0.39, 0.29) is 53.4 Å². The quantitative estimate of drug-likeness (QED) is 0.150. The van der Waals surface area contributed by atoms with Crippen molar-refractivity contribution in [1.82, 2.24) is 10.2 Å². The number of halogens is 2. The number of carbonyl (C=O) groups is 2. The molecule has 2 amide bonds. The fourth-order valence-electron chi connectivity index (χ4n) is 8.87. The maximum absolute atomic E-state index is 15.0. The predicted molar refractivity (Wildman–Crippen MR) is 207 cm³/mol. The van der Waals surface area contributed by atoms with E-state index in [4.69, 9.17) is 16.3 Å². The lowest BCUT2D eigenvalue weighted by Crippen LogP contribution is -2.56. The monoisotopic (exact) mass is 744 g/mol. The van der Waals surface area contributed by atoms with Gasteiger partial charge in [0.2, 0.25) is 0 Å². The molecule has 284 valence electrons. The summed E-state index contributed by atoms with van der Waals surface area (Å²) in [5, 5.41) is 27.4. The van der Waals surface area contributed by atoms with Crippen LogP contribution in [0.2, 0.25) is 5.02 Å². The molecule has 6 atom stereocenters. The number of rotatable bonds is 9. The Morgan fingerprint density at radius 1 is 1.08 bits per heavy atom. The third-order valence-electron chi connectivity index (χ3n) is 12.2. The Morgan fingerprint density at radius 2 is 1.87 bits per heavy atom. The van der Waals surface area contributed by atoms with Crippen molar-refractivity contribution in [3.63, 3.8) is 0 Å². The predicted octanol–water partition coefficient (Wildman–Crippen LogP) is 8.89. The summed E-state index contributed by atoms with van der Waals surface area (Å²) in [7, 11) is 0. The second-order valence-electron chi connectivity index (χ2n) is 15.8. The van der Waals surface area contributed by atoms with Crippen molar-refractivity contribution >= 4 is 23.4 Å². The van der Waals surface area contributed by atoms with Crippen molar-refractivity contribution < 1.29 is 28.9 Å². The van der Waals surface area contributed by atoms with E-state index in [0.29, 0.717) is 57.2 Å². The number of ketones is 1. The number of carbonyl (C=O) groups excluding carboxylic acids is 2. The molecule has 3 aliphatic carbocycles. The summed E-state index contributed by atoms with van der Waals surface area (Å²) in [6.45, 7) is 7.26. The van der Waals surface area contributed by atoms with E-state index in [1.54, 1.807) is 11.0 Å². The third kappa shape index (κ3) is 8.88. The van der Waals surface area contributed by atoms with E-state index in [1.165, 1.54) is 17.7 Å². The minimum Gasteiger partial charge on any atom is -0.393 e. The number of urea groups is 1. The molecule has 1 saturated carbocycles. The maximum atomic E-state index is 15.0. The van der Waals surface area contributed by atoms with Gasteiger partial charge in [0.05, 0.1) is 30.4 Å². The Bertz CT molecular complexity index is 1780. The molecule has 1 heterocycles. The molecule has 53 heavy (non-hydrogen) atoms. The smallest absolute Gasteiger partial charge is 0.318 e. The van der Waals surface area contributed by atoms with Crippen molar-refractivity contribution in [2.24, 2.45) is 5.41 Å². The molecule has 0 spiro atoms. The summed E-state index contributed by atoms with van der Waals surface area (Å²) in [6.07, 6.45) is 7.07. The molecule has 7 rings (SSSR count). The van der Waals surface area contributed by atoms with Crippen molar-refractivity contribution in [2.75, 3.05) is 19.7 Å². The Labute approximate surface area is 318 Å². The number of fused-ring (bicyclic) bond motifs is 8. The molecule has 2 bridgehead atoms. The molecule has 7 nitrogen and oxygen atoms in total. The van der Waals surface area contributed by atoms with Crippen LogP contribution < -0.4 is 5.32 Å². The minimum absolute atomic E-state index is 0.105. The lowest BCUT2D eigenvalue weighted by Gasteiger charge is -2.46. The second-order valence-corrected chi connectivity index (χ2v) is 16.3. The highest BCUT2D eigenvalue weighted by atomic mass is 35.5. The van der Waals surface area contributed by atoms with Crippen LogP contribution in [0, 0.1) is 11.2 Å². The molecule has 0 aromatic heterocycles. The fraction of sp³-hybridized carbons (Fsp3) is 0.500. The van der Waals surface area contributed by atoms with Gasteiger partial charge in [-0.3, -0.25) is 4.79 Å². The molecule has 6 unspecified atom stereocenters.